The molecule has 8 N–H and O–H groups in total. The topological polar surface area (TPSA) is 218 Å². The van der Waals surface area contributed by atoms with Crippen molar-refractivity contribution in [3.8, 4) is 0 Å². The number of nitrogens with two attached hydrogens (primary N) is 1. The minimum atomic E-state index is -1.27. The predicted molar refractivity (Wildman–Crippen MR) is 125 cm³/mol. The van der Waals surface area contributed by atoms with E-state index in [1.54, 1.807) is 34.6 Å². The molecule has 0 aliphatic carbocycles. The average Bonchev–Trinajstić information content (AvgIpc) is 2.74. The van der Waals surface area contributed by atoms with E-state index < -0.39 is 66.6 Å². The third-order valence-electron chi connectivity index (χ3n) is 4.63. The summed E-state index contributed by atoms with van der Waals surface area (Å²) in [6, 6.07) is -3.03. The Morgan fingerprint density at radius 3 is 2.06 bits per heavy atom. The fraction of sp³-hybridized carbons (Fsp3) is 0.714. The van der Waals surface area contributed by atoms with Crippen LogP contribution in [0, 0.1) is 5.92 Å². The number of carboxylic acid groups (broad SMARTS) is 1. The number of primary amides is 1. The number of ether oxygens (including phenoxy) is 1. The first-order valence-electron chi connectivity index (χ1n) is 11.3. The van der Waals surface area contributed by atoms with E-state index in [9.17, 15) is 33.9 Å². The third kappa shape index (κ3) is 15.0. The zero-order valence-corrected chi connectivity index (χ0v) is 20.9. The Balaban J connectivity index is 4.80. The summed E-state index contributed by atoms with van der Waals surface area (Å²) in [6.45, 7) is 7.77. The highest BCUT2D eigenvalue weighted by Crippen LogP contribution is 2.09. The van der Waals surface area contributed by atoms with Crippen LogP contribution in [0.5, 0.6) is 0 Å². The fourth-order valence-corrected chi connectivity index (χ4v) is 2.67. The molecule has 1 unspecified atom stereocenters. The lowest BCUT2D eigenvalue weighted by atomic mass is 9.97. The predicted octanol–water partition coefficient (Wildman–Crippen LogP) is -0.824. The molecule has 0 radical (unpaired) electrons. The lowest BCUT2D eigenvalue weighted by Gasteiger charge is -2.25. The normalized spacial score (nSPS) is 13.4. The van der Waals surface area contributed by atoms with Gasteiger partial charge in [0.2, 0.25) is 17.7 Å². The molecule has 0 saturated carbocycles. The van der Waals surface area contributed by atoms with Crippen LogP contribution in [0.1, 0.15) is 53.9 Å². The lowest BCUT2D eigenvalue weighted by Crippen LogP contribution is -2.55. The second-order valence-electron chi connectivity index (χ2n) is 8.90. The maximum Gasteiger partial charge on any atom is 0.408 e. The van der Waals surface area contributed by atoms with Crippen LogP contribution < -0.4 is 32.3 Å². The number of rotatable bonds is 14. The molecular weight excluding hydrogens is 464 g/mol. The van der Waals surface area contributed by atoms with Crippen LogP contribution in [0.25, 0.3) is 0 Å². The molecule has 0 rings (SSSR count). The fourth-order valence-electron chi connectivity index (χ4n) is 2.67. The molecule has 14 nitrogen and oxygen atoms in total. The van der Waals surface area contributed by atoms with Crippen molar-refractivity contribution in [2.45, 2.75) is 71.6 Å². The minimum Gasteiger partial charge on any atom is -0.480 e. The summed E-state index contributed by atoms with van der Waals surface area (Å²) >= 11 is 0. The number of urea groups is 1. The Bertz CT molecular complexity index is 767. The molecule has 200 valence electrons. The first-order chi connectivity index (χ1) is 16.2. The van der Waals surface area contributed by atoms with E-state index in [2.05, 4.69) is 26.6 Å². The third-order valence-corrected chi connectivity index (χ3v) is 4.63. The number of carbonyl (C=O) groups excluding carboxylic acids is 5. The van der Waals surface area contributed by atoms with Crippen molar-refractivity contribution in [2.24, 2.45) is 11.7 Å². The maximum atomic E-state index is 12.7. The van der Waals surface area contributed by atoms with E-state index in [4.69, 9.17) is 10.5 Å². The SMILES string of the molecule is CCC(C)[C@H](NC(=O)CNC(=O)CNC(=O)OC(C)(C)C)C(=O)N[C@@H](CCCNC(N)=O)C(=O)O. The highest BCUT2D eigenvalue weighted by atomic mass is 16.6. The van der Waals surface area contributed by atoms with Gasteiger partial charge in [-0.15, -0.1) is 0 Å². The van der Waals surface area contributed by atoms with Gasteiger partial charge in [-0.1, -0.05) is 20.3 Å². The second kappa shape index (κ2) is 15.3. The van der Waals surface area contributed by atoms with Crippen molar-refractivity contribution in [1.29, 1.82) is 0 Å². The van der Waals surface area contributed by atoms with E-state index in [1.165, 1.54) is 0 Å². The number of hydrogen-bond acceptors (Lipinski definition) is 7. The molecule has 0 aliphatic rings. The quantitative estimate of drug-likeness (QED) is 0.148. The Kier molecular flexibility index (Phi) is 13.8. The van der Waals surface area contributed by atoms with E-state index >= 15 is 0 Å². The summed E-state index contributed by atoms with van der Waals surface area (Å²) < 4.78 is 5.00. The van der Waals surface area contributed by atoms with Crippen molar-refractivity contribution in [1.82, 2.24) is 26.6 Å². The summed E-state index contributed by atoms with van der Waals surface area (Å²) in [4.78, 5) is 70.7. The summed E-state index contributed by atoms with van der Waals surface area (Å²) in [6.07, 6.45) is 0.00166. The molecule has 0 aromatic carbocycles. The molecule has 0 heterocycles. The Morgan fingerprint density at radius 2 is 1.54 bits per heavy atom. The summed E-state index contributed by atoms with van der Waals surface area (Å²) in [7, 11) is 0. The Labute approximate surface area is 204 Å². The number of amides is 6. The first kappa shape index (κ1) is 31.4. The van der Waals surface area contributed by atoms with Gasteiger partial charge in [0.05, 0.1) is 6.54 Å². The van der Waals surface area contributed by atoms with Gasteiger partial charge in [0.1, 0.15) is 24.2 Å². The molecule has 0 spiro atoms. The average molecular weight is 503 g/mol. The zero-order valence-electron chi connectivity index (χ0n) is 20.9. The Hall–Kier alpha value is -3.58. The molecule has 0 bridgehead atoms. The van der Waals surface area contributed by atoms with E-state index in [-0.39, 0.29) is 25.3 Å². The van der Waals surface area contributed by atoms with Crippen LogP contribution in [-0.2, 0) is 23.9 Å². The van der Waals surface area contributed by atoms with Gasteiger partial charge in [-0.25, -0.2) is 14.4 Å². The van der Waals surface area contributed by atoms with Gasteiger partial charge in [-0.05, 0) is 39.5 Å². The number of hydrogen-bond donors (Lipinski definition) is 7. The first-order valence-corrected chi connectivity index (χ1v) is 11.3. The van der Waals surface area contributed by atoms with Gasteiger partial charge in [0.15, 0.2) is 0 Å². The summed E-state index contributed by atoms with van der Waals surface area (Å²) in [5.74, 6) is -3.62. The highest BCUT2D eigenvalue weighted by molar-refractivity contribution is 5.92. The molecule has 14 heteroatoms. The van der Waals surface area contributed by atoms with Gasteiger partial charge in [-0.3, -0.25) is 14.4 Å². The van der Waals surface area contributed by atoms with Crippen LogP contribution in [-0.4, -0.2) is 78.2 Å². The van der Waals surface area contributed by atoms with Crippen LogP contribution >= 0.6 is 0 Å². The molecular formula is C21H38N6O8. The number of carboxylic acids is 1. The van der Waals surface area contributed by atoms with E-state index in [0.29, 0.717) is 6.42 Å². The summed E-state index contributed by atoms with van der Waals surface area (Å²) in [5.41, 5.74) is 4.22. The van der Waals surface area contributed by atoms with Gasteiger partial charge < -0.3 is 42.2 Å². The number of carbonyl (C=O) groups is 6. The minimum absolute atomic E-state index is 0.0310. The largest absolute Gasteiger partial charge is 0.480 e. The summed E-state index contributed by atoms with van der Waals surface area (Å²) in [5, 5.41) is 21.2. The molecule has 0 saturated heterocycles. The van der Waals surface area contributed by atoms with Crippen molar-refractivity contribution in [2.75, 3.05) is 19.6 Å². The Morgan fingerprint density at radius 1 is 0.943 bits per heavy atom. The number of alkyl carbamates (subject to hydrolysis) is 1. The van der Waals surface area contributed by atoms with Crippen LogP contribution in [0.3, 0.4) is 0 Å². The van der Waals surface area contributed by atoms with Crippen LogP contribution in [0.4, 0.5) is 9.59 Å². The lowest BCUT2D eigenvalue weighted by molar-refractivity contribution is -0.142. The smallest absolute Gasteiger partial charge is 0.408 e. The van der Waals surface area contributed by atoms with Crippen molar-refractivity contribution in [3.63, 3.8) is 0 Å². The van der Waals surface area contributed by atoms with Gasteiger partial charge in [0.25, 0.3) is 0 Å². The van der Waals surface area contributed by atoms with Crippen molar-refractivity contribution < 1.29 is 38.6 Å². The standard InChI is InChI=1S/C21H38N6O8/c1-6-12(2)16(17(30)26-13(18(31)32)8-7-9-23-19(22)33)27-15(29)11-24-14(28)10-25-20(34)35-21(3,4)5/h12-13,16H,6-11H2,1-5H3,(H,24,28)(H,25,34)(H,26,30)(H,27,29)(H,31,32)(H3,22,23,33)/t12?,13-,16-/m0/s1. The van der Waals surface area contributed by atoms with Crippen molar-refractivity contribution >= 4 is 35.8 Å². The van der Waals surface area contributed by atoms with Crippen LogP contribution in [0.15, 0.2) is 0 Å². The molecule has 0 fully saturated rings. The molecule has 6 amide bonds. The number of aliphatic carboxylic acids is 1. The highest BCUT2D eigenvalue weighted by Gasteiger charge is 2.29. The monoisotopic (exact) mass is 502 g/mol. The molecule has 3 atom stereocenters. The van der Waals surface area contributed by atoms with E-state index in [0.717, 1.165) is 0 Å². The van der Waals surface area contributed by atoms with Crippen molar-refractivity contribution in [3.05, 3.63) is 0 Å². The molecule has 35 heavy (non-hydrogen) atoms. The van der Waals surface area contributed by atoms with E-state index in [1.807, 2.05) is 0 Å². The van der Waals surface area contributed by atoms with Gasteiger partial charge >= 0.3 is 18.1 Å². The maximum absolute atomic E-state index is 12.7. The molecule has 0 aromatic heterocycles. The molecule has 0 aliphatic heterocycles. The second-order valence-corrected chi connectivity index (χ2v) is 8.90. The molecule has 0 aromatic rings. The van der Waals surface area contributed by atoms with Gasteiger partial charge in [-0.2, -0.15) is 0 Å². The van der Waals surface area contributed by atoms with Crippen LogP contribution in [0.2, 0.25) is 0 Å². The van der Waals surface area contributed by atoms with Gasteiger partial charge in [0, 0.05) is 6.54 Å². The zero-order chi connectivity index (χ0) is 27.2. The number of nitrogens with one attached hydrogen (secondary N) is 5.